The van der Waals surface area contributed by atoms with Gasteiger partial charge in [0.15, 0.2) is 5.82 Å². The lowest BCUT2D eigenvalue weighted by atomic mass is 9.78. The lowest BCUT2D eigenvalue weighted by Gasteiger charge is -2.30. The summed E-state index contributed by atoms with van der Waals surface area (Å²) in [7, 11) is -3.19. The molecule has 0 atom stereocenters. The van der Waals surface area contributed by atoms with E-state index in [0.29, 0.717) is 18.4 Å². The van der Waals surface area contributed by atoms with Crippen molar-refractivity contribution in [3.63, 3.8) is 0 Å². The Morgan fingerprint density at radius 1 is 1.00 bits per heavy atom. The fourth-order valence-electron chi connectivity index (χ4n) is 4.74. The van der Waals surface area contributed by atoms with Gasteiger partial charge >= 0.3 is 12.1 Å². The number of sulfonamides is 1. The minimum Gasteiger partial charge on any atom is -0.495 e. The van der Waals surface area contributed by atoms with Gasteiger partial charge in [-0.05, 0) is 67.0 Å². The number of hydrogen-bond acceptors (Lipinski definition) is 4. The molecule has 2 N–H and O–H groups in total. The molecule has 1 saturated carbocycles. The van der Waals surface area contributed by atoms with Crippen LogP contribution in [0.1, 0.15) is 47.5 Å². The molecule has 1 aliphatic carbocycles. The quantitative estimate of drug-likeness (QED) is 0.314. The number of carboxylic acids is 1. The van der Waals surface area contributed by atoms with Crippen molar-refractivity contribution in [2.75, 3.05) is 11.8 Å². The Hall–Kier alpha value is -3.60. The van der Waals surface area contributed by atoms with Gasteiger partial charge in [0.05, 0.1) is 24.3 Å². The number of aromatic carboxylic acids is 1. The number of anilines is 1. The Labute approximate surface area is 217 Å². The van der Waals surface area contributed by atoms with Gasteiger partial charge in [0, 0.05) is 5.56 Å². The van der Waals surface area contributed by atoms with Crippen molar-refractivity contribution in [3.8, 4) is 16.9 Å². The fourth-order valence-corrected chi connectivity index (χ4v) is 5.91. The zero-order valence-electron chi connectivity index (χ0n) is 20.3. The van der Waals surface area contributed by atoms with Gasteiger partial charge in [0.25, 0.3) is 10.0 Å². The monoisotopic (exact) mass is 551 g/mol. The van der Waals surface area contributed by atoms with E-state index in [4.69, 9.17) is 9.84 Å². The predicted molar refractivity (Wildman–Crippen MR) is 133 cm³/mol. The van der Waals surface area contributed by atoms with Gasteiger partial charge in [0.2, 0.25) is 0 Å². The molecule has 0 unspecified atom stereocenters. The van der Waals surface area contributed by atoms with E-state index in [1.807, 2.05) is 0 Å². The smallest absolute Gasteiger partial charge is 0.391 e. The third kappa shape index (κ3) is 5.77. The average molecular weight is 552 g/mol. The molecule has 0 spiro atoms. The number of benzene rings is 3. The number of alkyl halides is 3. The highest BCUT2D eigenvalue weighted by molar-refractivity contribution is 7.92. The fraction of sp³-hybridized carbons (Fsp3) is 0.296. The van der Waals surface area contributed by atoms with Crippen LogP contribution < -0.4 is 9.46 Å². The summed E-state index contributed by atoms with van der Waals surface area (Å²) in [5.74, 6) is -3.56. The number of ether oxygens (including phenoxy) is 1. The molecule has 4 rings (SSSR count). The van der Waals surface area contributed by atoms with Crippen LogP contribution >= 0.6 is 0 Å². The van der Waals surface area contributed by atoms with Crippen LogP contribution in [0.3, 0.4) is 0 Å². The van der Waals surface area contributed by atoms with Gasteiger partial charge in [0.1, 0.15) is 10.6 Å². The van der Waals surface area contributed by atoms with Crippen molar-refractivity contribution in [1.82, 2.24) is 0 Å². The zero-order chi connectivity index (χ0) is 27.7. The van der Waals surface area contributed by atoms with E-state index in [9.17, 15) is 26.4 Å². The molecule has 1 fully saturated rings. The molecule has 1 aliphatic rings. The van der Waals surface area contributed by atoms with E-state index in [0.717, 1.165) is 17.7 Å². The van der Waals surface area contributed by atoms with E-state index in [-0.39, 0.29) is 41.3 Å². The number of rotatable bonds is 7. The predicted octanol–water partition coefficient (Wildman–Crippen LogP) is 6.84. The van der Waals surface area contributed by atoms with Gasteiger partial charge in [-0.15, -0.1) is 0 Å². The molecular formula is C27H25F4NO5S. The summed E-state index contributed by atoms with van der Waals surface area (Å²) in [4.78, 5) is 10.6. The van der Waals surface area contributed by atoms with Crippen LogP contribution in [0, 0.1) is 11.7 Å². The van der Waals surface area contributed by atoms with Crippen LogP contribution in [-0.2, 0) is 10.0 Å². The molecule has 0 bridgehead atoms. The second-order valence-corrected chi connectivity index (χ2v) is 10.8. The number of methoxy groups -OCH3 is 1. The van der Waals surface area contributed by atoms with Crippen LogP contribution in [0.5, 0.6) is 5.75 Å². The van der Waals surface area contributed by atoms with Gasteiger partial charge in [-0.3, -0.25) is 4.72 Å². The molecule has 0 aliphatic heterocycles. The van der Waals surface area contributed by atoms with Gasteiger partial charge in [-0.25, -0.2) is 17.6 Å². The summed E-state index contributed by atoms with van der Waals surface area (Å²) in [5, 5.41) is 9.13. The third-order valence-electron chi connectivity index (χ3n) is 6.83. The number of hydrogen-bond donors (Lipinski definition) is 2. The first-order valence-corrected chi connectivity index (χ1v) is 13.3. The standard InChI is InChI=1S/C27H25F4NO5S/c1-37-23-15-19(26(33)34)11-14-22(23)32-38(35,36)24-4-2-3-21(25(24)28)18-7-5-16(6-8-18)17-9-12-20(13-10-17)27(29,30)31/h2-8,11,14-15,17,20,32H,9-10,12-13H2,1H3,(H,33,34)/t17-,20-. The average Bonchev–Trinajstić information content (AvgIpc) is 2.88. The van der Waals surface area contributed by atoms with Crippen LogP contribution in [-0.4, -0.2) is 32.8 Å². The highest BCUT2D eigenvalue weighted by atomic mass is 32.2. The third-order valence-corrected chi connectivity index (χ3v) is 8.21. The second kappa shape index (κ2) is 10.6. The van der Waals surface area contributed by atoms with Crippen molar-refractivity contribution in [2.24, 2.45) is 5.92 Å². The van der Waals surface area contributed by atoms with Crippen molar-refractivity contribution in [2.45, 2.75) is 42.7 Å². The van der Waals surface area contributed by atoms with Crippen molar-refractivity contribution < 1.29 is 40.6 Å². The van der Waals surface area contributed by atoms with Crippen molar-refractivity contribution in [3.05, 3.63) is 77.6 Å². The van der Waals surface area contributed by atoms with Crippen LogP contribution in [0.25, 0.3) is 11.1 Å². The molecule has 0 saturated heterocycles. The Balaban J connectivity index is 1.56. The Morgan fingerprint density at radius 3 is 2.24 bits per heavy atom. The van der Waals surface area contributed by atoms with Gasteiger partial charge in [-0.1, -0.05) is 36.4 Å². The topological polar surface area (TPSA) is 92.7 Å². The SMILES string of the molecule is COc1cc(C(=O)O)ccc1NS(=O)(=O)c1cccc(-c2ccc([C@H]3CC[C@H](C(F)(F)F)CC3)cc2)c1F. The minimum absolute atomic E-state index is 0.0223. The van der Waals surface area contributed by atoms with E-state index < -0.39 is 38.8 Å². The number of carboxylic acid groups (broad SMARTS) is 1. The Bertz CT molecular complexity index is 1430. The summed E-state index contributed by atoms with van der Waals surface area (Å²) in [6, 6.07) is 14.2. The molecule has 0 heterocycles. The zero-order valence-corrected chi connectivity index (χ0v) is 21.1. The van der Waals surface area contributed by atoms with E-state index in [1.54, 1.807) is 24.3 Å². The largest absolute Gasteiger partial charge is 0.495 e. The second-order valence-electron chi connectivity index (χ2n) is 9.16. The molecule has 6 nitrogen and oxygen atoms in total. The van der Waals surface area contributed by atoms with E-state index >= 15 is 4.39 Å². The summed E-state index contributed by atoms with van der Waals surface area (Å²) in [6.07, 6.45) is -3.22. The van der Waals surface area contributed by atoms with E-state index in [1.165, 1.54) is 31.4 Å². The molecule has 0 radical (unpaired) electrons. The van der Waals surface area contributed by atoms with Crippen molar-refractivity contribution in [1.29, 1.82) is 0 Å². The molecule has 3 aromatic carbocycles. The highest BCUT2D eigenvalue weighted by Crippen LogP contribution is 2.43. The van der Waals surface area contributed by atoms with Gasteiger partial charge < -0.3 is 9.84 Å². The number of halogens is 4. The van der Waals surface area contributed by atoms with Crippen molar-refractivity contribution >= 4 is 21.7 Å². The summed E-state index contributed by atoms with van der Waals surface area (Å²) >= 11 is 0. The maximum absolute atomic E-state index is 15.5. The molecule has 11 heteroatoms. The summed E-state index contributed by atoms with van der Waals surface area (Å²) in [6.45, 7) is 0. The maximum Gasteiger partial charge on any atom is 0.391 e. The Kier molecular flexibility index (Phi) is 7.68. The van der Waals surface area contributed by atoms with Crippen LogP contribution in [0.2, 0.25) is 0 Å². The first-order chi connectivity index (χ1) is 17.9. The van der Waals surface area contributed by atoms with Crippen LogP contribution in [0.15, 0.2) is 65.6 Å². The number of carbonyl (C=O) groups is 1. The Morgan fingerprint density at radius 2 is 1.66 bits per heavy atom. The lowest BCUT2D eigenvalue weighted by Crippen LogP contribution is -2.27. The van der Waals surface area contributed by atoms with Crippen LogP contribution in [0.4, 0.5) is 23.2 Å². The lowest BCUT2D eigenvalue weighted by molar-refractivity contribution is -0.182. The molecule has 38 heavy (non-hydrogen) atoms. The maximum atomic E-state index is 15.5. The molecular weight excluding hydrogens is 526 g/mol. The molecule has 0 aromatic heterocycles. The summed E-state index contributed by atoms with van der Waals surface area (Å²) < 4.78 is 87.8. The van der Waals surface area contributed by atoms with Gasteiger partial charge in [-0.2, -0.15) is 13.2 Å². The molecule has 202 valence electrons. The molecule has 3 aromatic rings. The molecule has 0 amide bonds. The normalized spacial score (nSPS) is 18.1. The minimum atomic E-state index is -4.43. The first kappa shape index (κ1) is 27.4. The first-order valence-electron chi connectivity index (χ1n) is 11.8. The summed E-state index contributed by atoms with van der Waals surface area (Å²) in [5.41, 5.74) is 1.13. The number of nitrogens with one attached hydrogen (secondary N) is 1. The highest BCUT2D eigenvalue weighted by Gasteiger charge is 2.41. The van der Waals surface area contributed by atoms with E-state index in [2.05, 4.69) is 4.72 Å².